The number of carbonyl (C=O) groups is 2. The molecule has 1 fully saturated rings. The Kier molecular flexibility index (Phi) is 5.48. The Hall–Kier alpha value is -1.26. The lowest BCUT2D eigenvalue weighted by atomic mass is 10.2. The molecule has 2 rings (SSSR count). The van der Waals surface area contributed by atoms with E-state index in [1.807, 2.05) is 0 Å². The summed E-state index contributed by atoms with van der Waals surface area (Å²) in [5, 5.41) is 3.53. The van der Waals surface area contributed by atoms with Gasteiger partial charge in [-0.3, -0.25) is 4.79 Å². The molecule has 1 atom stereocenters. The average molecular weight is 330 g/mol. The Balaban J connectivity index is 1.91. The van der Waals surface area contributed by atoms with Crippen LogP contribution < -0.4 is 5.32 Å². The van der Waals surface area contributed by atoms with E-state index in [-0.39, 0.29) is 22.5 Å². The summed E-state index contributed by atoms with van der Waals surface area (Å²) in [5.41, 5.74) is 0.268. The zero-order chi connectivity index (χ0) is 15.4. The number of nitrogens with one attached hydrogen (secondary N) is 1. The predicted molar refractivity (Wildman–Crippen MR) is 81.7 cm³/mol. The number of rotatable bonds is 4. The summed E-state index contributed by atoms with van der Waals surface area (Å²) >= 11 is 11.6. The van der Waals surface area contributed by atoms with Crippen LogP contribution in [0, 0.1) is 0 Å². The summed E-state index contributed by atoms with van der Waals surface area (Å²) in [6.07, 6.45) is 3.39. The molecule has 114 valence electrons. The van der Waals surface area contributed by atoms with Crippen LogP contribution in [-0.4, -0.2) is 24.0 Å². The molecule has 0 unspecified atom stereocenters. The topological polar surface area (TPSA) is 55.4 Å². The van der Waals surface area contributed by atoms with E-state index in [0.717, 1.165) is 25.7 Å². The molecule has 0 heterocycles. The molecule has 1 saturated carbocycles. The summed E-state index contributed by atoms with van der Waals surface area (Å²) in [6, 6.07) is 4.65. The Morgan fingerprint density at radius 1 is 1.24 bits per heavy atom. The van der Waals surface area contributed by atoms with E-state index in [2.05, 4.69) is 5.32 Å². The maximum Gasteiger partial charge on any atom is 0.338 e. The van der Waals surface area contributed by atoms with Gasteiger partial charge in [-0.2, -0.15) is 0 Å². The Bertz CT molecular complexity index is 542. The van der Waals surface area contributed by atoms with Gasteiger partial charge >= 0.3 is 5.97 Å². The van der Waals surface area contributed by atoms with Crippen LogP contribution in [0.25, 0.3) is 0 Å². The van der Waals surface area contributed by atoms with Gasteiger partial charge in [0.05, 0.1) is 15.6 Å². The SMILES string of the molecule is C[C@H](OC(=O)c1ccc(Cl)c(Cl)c1)C(=O)NC1CCCC1. The number of esters is 1. The highest BCUT2D eigenvalue weighted by molar-refractivity contribution is 6.42. The van der Waals surface area contributed by atoms with Crippen LogP contribution in [0.3, 0.4) is 0 Å². The van der Waals surface area contributed by atoms with Gasteiger partial charge < -0.3 is 10.1 Å². The molecule has 21 heavy (non-hydrogen) atoms. The van der Waals surface area contributed by atoms with Crippen LogP contribution in [0.15, 0.2) is 18.2 Å². The smallest absolute Gasteiger partial charge is 0.338 e. The van der Waals surface area contributed by atoms with Crippen molar-refractivity contribution in [1.82, 2.24) is 5.32 Å². The van der Waals surface area contributed by atoms with Crippen LogP contribution in [0.4, 0.5) is 0 Å². The normalized spacial score (nSPS) is 16.5. The summed E-state index contributed by atoms with van der Waals surface area (Å²) < 4.78 is 5.15. The molecule has 6 heteroatoms. The molecular formula is C15H17Cl2NO3. The third-order valence-electron chi connectivity index (χ3n) is 3.51. The number of hydrogen-bond acceptors (Lipinski definition) is 3. The van der Waals surface area contributed by atoms with Gasteiger partial charge in [-0.25, -0.2) is 4.79 Å². The lowest BCUT2D eigenvalue weighted by Crippen LogP contribution is -2.40. The second-order valence-corrected chi connectivity index (χ2v) is 5.98. The van der Waals surface area contributed by atoms with Gasteiger partial charge in [0.2, 0.25) is 0 Å². The Morgan fingerprint density at radius 3 is 2.52 bits per heavy atom. The van der Waals surface area contributed by atoms with Gasteiger partial charge in [0, 0.05) is 6.04 Å². The van der Waals surface area contributed by atoms with Crippen molar-refractivity contribution in [3.63, 3.8) is 0 Å². The number of amides is 1. The molecule has 0 saturated heterocycles. The monoisotopic (exact) mass is 329 g/mol. The minimum atomic E-state index is -0.840. The molecule has 1 amide bonds. The van der Waals surface area contributed by atoms with Gasteiger partial charge in [0.25, 0.3) is 5.91 Å². The first kappa shape index (κ1) is 16.1. The quantitative estimate of drug-likeness (QED) is 0.858. The van der Waals surface area contributed by atoms with Crippen LogP contribution in [-0.2, 0) is 9.53 Å². The van der Waals surface area contributed by atoms with Crippen molar-refractivity contribution in [1.29, 1.82) is 0 Å². The summed E-state index contributed by atoms with van der Waals surface area (Å²) in [4.78, 5) is 23.9. The molecule has 1 N–H and O–H groups in total. The minimum Gasteiger partial charge on any atom is -0.449 e. The van der Waals surface area contributed by atoms with Gasteiger partial charge in [0.1, 0.15) is 0 Å². The second kappa shape index (κ2) is 7.14. The number of benzene rings is 1. The fourth-order valence-corrected chi connectivity index (χ4v) is 2.59. The summed E-state index contributed by atoms with van der Waals surface area (Å²) in [7, 11) is 0. The molecule has 0 aromatic heterocycles. The van der Waals surface area contributed by atoms with Crippen molar-refractivity contribution in [2.45, 2.75) is 44.8 Å². The second-order valence-electron chi connectivity index (χ2n) is 5.17. The minimum absolute atomic E-state index is 0.198. The zero-order valence-electron chi connectivity index (χ0n) is 11.7. The average Bonchev–Trinajstić information content (AvgIpc) is 2.94. The number of ether oxygens (including phenoxy) is 1. The van der Waals surface area contributed by atoms with Crippen LogP contribution in [0.2, 0.25) is 10.0 Å². The first-order valence-electron chi connectivity index (χ1n) is 6.94. The molecule has 0 bridgehead atoms. The maximum atomic E-state index is 12.0. The number of hydrogen-bond donors (Lipinski definition) is 1. The molecule has 0 spiro atoms. The highest BCUT2D eigenvalue weighted by Gasteiger charge is 2.23. The van der Waals surface area contributed by atoms with E-state index in [9.17, 15) is 9.59 Å². The third kappa shape index (κ3) is 4.35. The van der Waals surface area contributed by atoms with E-state index in [4.69, 9.17) is 27.9 Å². The lowest BCUT2D eigenvalue weighted by molar-refractivity contribution is -0.129. The fraction of sp³-hybridized carbons (Fsp3) is 0.467. The highest BCUT2D eigenvalue weighted by atomic mass is 35.5. The van der Waals surface area contributed by atoms with Gasteiger partial charge in [-0.15, -0.1) is 0 Å². The third-order valence-corrected chi connectivity index (χ3v) is 4.25. The first-order valence-corrected chi connectivity index (χ1v) is 7.69. The molecular weight excluding hydrogens is 313 g/mol. The van der Waals surface area contributed by atoms with Crippen molar-refractivity contribution < 1.29 is 14.3 Å². The number of halogens is 2. The van der Waals surface area contributed by atoms with Crippen LogP contribution in [0.5, 0.6) is 0 Å². The Labute approximate surface area is 133 Å². The van der Waals surface area contributed by atoms with Gasteiger partial charge in [0.15, 0.2) is 6.10 Å². The molecule has 1 aromatic carbocycles. The fourth-order valence-electron chi connectivity index (χ4n) is 2.29. The van der Waals surface area contributed by atoms with E-state index in [1.54, 1.807) is 6.92 Å². The first-order chi connectivity index (χ1) is 9.97. The lowest BCUT2D eigenvalue weighted by Gasteiger charge is -2.17. The standard InChI is InChI=1S/C15H17Cl2NO3/c1-9(14(19)18-11-4-2-3-5-11)21-15(20)10-6-7-12(16)13(17)8-10/h6-9,11H,2-5H2,1H3,(H,18,19)/t9-/m0/s1. The van der Waals surface area contributed by atoms with Crippen molar-refractivity contribution in [2.24, 2.45) is 0 Å². The van der Waals surface area contributed by atoms with Crippen LogP contribution >= 0.6 is 23.2 Å². The Morgan fingerprint density at radius 2 is 1.90 bits per heavy atom. The van der Waals surface area contributed by atoms with E-state index >= 15 is 0 Å². The van der Waals surface area contributed by atoms with Crippen molar-refractivity contribution in [3.8, 4) is 0 Å². The van der Waals surface area contributed by atoms with Crippen molar-refractivity contribution in [2.75, 3.05) is 0 Å². The summed E-state index contributed by atoms with van der Waals surface area (Å²) in [6.45, 7) is 1.56. The largest absolute Gasteiger partial charge is 0.449 e. The molecule has 4 nitrogen and oxygen atoms in total. The van der Waals surface area contributed by atoms with E-state index in [1.165, 1.54) is 18.2 Å². The van der Waals surface area contributed by atoms with Gasteiger partial charge in [-0.1, -0.05) is 36.0 Å². The molecule has 1 aliphatic carbocycles. The molecule has 0 aliphatic heterocycles. The maximum absolute atomic E-state index is 12.0. The molecule has 1 aromatic rings. The number of carbonyl (C=O) groups excluding carboxylic acids is 2. The van der Waals surface area contributed by atoms with E-state index in [0.29, 0.717) is 5.02 Å². The van der Waals surface area contributed by atoms with E-state index < -0.39 is 12.1 Å². The van der Waals surface area contributed by atoms with Crippen molar-refractivity contribution in [3.05, 3.63) is 33.8 Å². The molecule has 0 radical (unpaired) electrons. The highest BCUT2D eigenvalue weighted by Crippen LogP contribution is 2.23. The summed E-state index contributed by atoms with van der Waals surface area (Å²) in [5.74, 6) is -0.863. The molecule has 1 aliphatic rings. The van der Waals surface area contributed by atoms with Crippen molar-refractivity contribution >= 4 is 35.1 Å². The predicted octanol–water partition coefficient (Wildman–Crippen LogP) is 3.60. The van der Waals surface area contributed by atoms with Gasteiger partial charge in [-0.05, 0) is 38.0 Å². The zero-order valence-corrected chi connectivity index (χ0v) is 13.2. The van der Waals surface area contributed by atoms with Crippen LogP contribution in [0.1, 0.15) is 43.0 Å².